The molecule has 2 aromatic carbocycles. The quantitative estimate of drug-likeness (QED) is 0.621. The Hall–Kier alpha value is -1.66. The van der Waals surface area contributed by atoms with Gasteiger partial charge in [-0.1, -0.05) is 22.9 Å². The average molecular weight is 378 g/mol. The first-order chi connectivity index (χ1) is 12.2. The smallest absolute Gasteiger partial charge is 0.270 e. The molecule has 4 nitrogen and oxygen atoms in total. The Bertz CT molecular complexity index is 843. The number of fused-ring (bicyclic) bond motifs is 1. The largest absolute Gasteiger partial charge is 0.395 e. The van der Waals surface area contributed by atoms with Gasteiger partial charge in [-0.25, -0.2) is 0 Å². The highest BCUT2D eigenvalue weighted by atomic mass is 35.5. The zero-order valence-electron chi connectivity index (χ0n) is 14.2. The molecule has 3 rings (SSSR count). The molecule has 2 N–H and O–H groups in total. The molecule has 0 atom stereocenters. The van der Waals surface area contributed by atoms with Crippen LogP contribution in [-0.4, -0.2) is 36.5 Å². The highest BCUT2D eigenvalue weighted by Crippen LogP contribution is 2.31. The van der Waals surface area contributed by atoms with Crippen LogP contribution < -0.4 is 9.47 Å². The maximum Gasteiger partial charge on any atom is 0.270 e. The Morgan fingerprint density at radius 2 is 1.72 bits per heavy atom. The van der Waals surface area contributed by atoms with Gasteiger partial charge in [0.2, 0.25) is 5.52 Å². The molecule has 0 fully saturated rings. The van der Waals surface area contributed by atoms with Crippen molar-refractivity contribution in [1.29, 1.82) is 0 Å². The minimum absolute atomic E-state index is 0.0641. The van der Waals surface area contributed by atoms with Crippen LogP contribution in [0.25, 0.3) is 20.8 Å². The van der Waals surface area contributed by atoms with Crippen molar-refractivity contribution in [2.45, 2.75) is 13.5 Å². The minimum Gasteiger partial charge on any atom is -0.395 e. The van der Waals surface area contributed by atoms with Crippen LogP contribution in [0.2, 0.25) is 5.02 Å². The number of aromatic nitrogens is 1. The van der Waals surface area contributed by atoms with E-state index in [1.807, 2.05) is 29.2 Å². The van der Waals surface area contributed by atoms with Gasteiger partial charge in [-0.2, -0.15) is 4.57 Å². The molecule has 0 radical (unpaired) electrons. The third kappa shape index (κ3) is 3.80. The first-order valence-corrected chi connectivity index (χ1v) is 9.56. The Morgan fingerprint density at radius 3 is 2.32 bits per heavy atom. The SMILES string of the molecule is CC[n+]1c(-c2ccc(N(CCO)CCO)cc2)sc2cc(Cl)ccc21. The summed E-state index contributed by atoms with van der Waals surface area (Å²) in [6.07, 6.45) is 0. The molecule has 1 heterocycles. The van der Waals surface area contributed by atoms with Crippen LogP contribution in [-0.2, 0) is 6.54 Å². The van der Waals surface area contributed by atoms with E-state index in [2.05, 4.69) is 29.7 Å². The van der Waals surface area contributed by atoms with E-state index in [4.69, 9.17) is 11.6 Å². The molecule has 0 amide bonds. The maximum absolute atomic E-state index is 9.19. The number of thiazole rings is 1. The van der Waals surface area contributed by atoms with E-state index >= 15 is 0 Å². The van der Waals surface area contributed by atoms with Gasteiger partial charge in [0.25, 0.3) is 5.01 Å². The summed E-state index contributed by atoms with van der Waals surface area (Å²) in [5, 5.41) is 20.3. The first-order valence-electron chi connectivity index (χ1n) is 8.37. The molecule has 1 aromatic heterocycles. The number of benzene rings is 2. The number of aliphatic hydroxyl groups excluding tert-OH is 2. The van der Waals surface area contributed by atoms with Crippen LogP contribution in [0, 0.1) is 0 Å². The molecule has 0 saturated heterocycles. The number of anilines is 1. The lowest BCUT2D eigenvalue weighted by atomic mass is 10.2. The Morgan fingerprint density at radius 1 is 1.04 bits per heavy atom. The molecule has 0 saturated carbocycles. The number of aliphatic hydroxyl groups is 2. The summed E-state index contributed by atoms with van der Waals surface area (Å²) in [5.41, 5.74) is 3.34. The normalized spacial score (nSPS) is 11.2. The van der Waals surface area contributed by atoms with Gasteiger partial charge in [0.15, 0.2) is 0 Å². The van der Waals surface area contributed by atoms with Crippen molar-refractivity contribution in [1.82, 2.24) is 0 Å². The predicted octanol–water partition coefficient (Wildman–Crippen LogP) is 3.32. The number of hydrogen-bond acceptors (Lipinski definition) is 4. The van der Waals surface area contributed by atoms with Crippen LogP contribution in [0.1, 0.15) is 6.92 Å². The van der Waals surface area contributed by atoms with Crippen molar-refractivity contribution in [2.75, 3.05) is 31.2 Å². The summed E-state index contributed by atoms with van der Waals surface area (Å²) >= 11 is 7.87. The van der Waals surface area contributed by atoms with E-state index in [9.17, 15) is 10.2 Å². The first kappa shape index (κ1) is 18.1. The second-order valence-electron chi connectivity index (χ2n) is 5.74. The molecule has 132 valence electrons. The molecular formula is C19H22ClN2O2S+. The molecule has 25 heavy (non-hydrogen) atoms. The monoisotopic (exact) mass is 377 g/mol. The van der Waals surface area contributed by atoms with Crippen LogP contribution in [0.3, 0.4) is 0 Å². The van der Waals surface area contributed by atoms with Crippen molar-refractivity contribution in [3.8, 4) is 10.6 Å². The third-order valence-corrected chi connectivity index (χ3v) is 5.63. The lowest BCUT2D eigenvalue weighted by Gasteiger charge is -2.22. The molecule has 6 heteroatoms. The molecular weight excluding hydrogens is 356 g/mol. The van der Waals surface area contributed by atoms with Gasteiger partial charge in [-0.15, -0.1) is 0 Å². The topological polar surface area (TPSA) is 47.6 Å². The minimum atomic E-state index is 0.0641. The van der Waals surface area contributed by atoms with Gasteiger partial charge in [-0.05, 0) is 43.3 Å². The van der Waals surface area contributed by atoms with Crippen LogP contribution >= 0.6 is 22.9 Å². The molecule has 0 aliphatic carbocycles. The van der Waals surface area contributed by atoms with Crippen LogP contribution in [0.4, 0.5) is 5.69 Å². The Balaban J connectivity index is 1.98. The summed E-state index contributed by atoms with van der Waals surface area (Å²) in [4.78, 5) is 1.97. The molecule has 0 aliphatic heterocycles. The second kappa shape index (κ2) is 8.15. The van der Waals surface area contributed by atoms with Crippen molar-refractivity contribution >= 4 is 38.8 Å². The maximum atomic E-state index is 9.19. The zero-order chi connectivity index (χ0) is 17.8. The lowest BCUT2D eigenvalue weighted by molar-refractivity contribution is -0.653. The predicted molar refractivity (Wildman–Crippen MR) is 105 cm³/mol. The van der Waals surface area contributed by atoms with Gasteiger partial charge in [-0.3, -0.25) is 0 Å². The number of hydrogen-bond donors (Lipinski definition) is 2. The number of aryl methyl sites for hydroxylation is 1. The van der Waals surface area contributed by atoms with Gasteiger partial charge < -0.3 is 15.1 Å². The second-order valence-corrected chi connectivity index (χ2v) is 7.21. The number of nitrogens with zero attached hydrogens (tertiary/aromatic N) is 2. The third-order valence-electron chi connectivity index (χ3n) is 4.20. The van der Waals surface area contributed by atoms with Gasteiger partial charge in [0.05, 0.1) is 18.8 Å². The number of rotatable bonds is 7. The van der Waals surface area contributed by atoms with Gasteiger partial charge >= 0.3 is 0 Å². The highest BCUT2D eigenvalue weighted by Gasteiger charge is 2.21. The van der Waals surface area contributed by atoms with E-state index in [0.717, 1.165) is 22.8 Å². The summed E-state index contributed by atoms with van der Waals surface area (Å²) < 4.78 is 3.47. The van der Waals surface area contributed by atoms with E-state index in [1.54, 1.807) is 11.3 Å². The van der Waals surface area contributed by atoms with Crippen molar-refractivity contribution < 1.29 is 14.8 Å². The van der Waals surface area contributed by atoms with Crippen molar-refractivity contribution in [3.05, 3.63) is 47.5 Å². The van der Waals surface area contributed by atoms with Crippen molar-refractivity contribution in [3.63, 3.8) is 0 Å². The summed E-state index contributed by atoms with van der Waals surface area (Å²) in [5.74, 6) is 0. The summed E-state index contributed by atoms with van der Waals surface area (Å²) in [6.45, 7) is 4.18. The molecule has 0 bridgehead atoms. The van der Waals surface area contributed by atoms with Gasteiger partial charge in [0.1, 0.15) is 11.2 Å². The highest BCUT2D eigenvalue weighted by molar-refractivity contribution is 7.21. The summed E-state index contributed by atoms with van der Waals surface area (Å²) in [7, 11) is 0. The average Bonchev–Trinajstić information content (AvgIpc) is 2.99. The zero-order valence-corrected chi connectivity index (χ0v) is 15.7. The van der Waals surface area contributed by atoms with Crippen molar-refractivity contribution in [2.24, 2.45) is 0 Å². The van der Waals surface area contributed by atoms with Gasteiger partial charge in [0, 0.05) is 29.9 Å². The fourth-order valence-corrected chi connectivity index (χ4v) is 4.52. The molecule has 3 aromatic rings. The van der Waals surface area contributed by atoms with E-state index < -0.39 is 0 Å². The fourth-order valence-electron chi connectivity index (χ4n) is 3.02. The van der Waals surface area contributed by atoms with E-state index in [1.165, 1.54) is 15.2 Å². The Labute approximate surface area is 156 Å². The standard InChI is InChI=1S/C19H22ClN2O2S/c1-2-22-17-8-5-15(20)13-18(17)25-19(22)14-3-6-16(7-4-14)21(9-11-23)10-12-24/h3-8,13,23-24H,2,9-12H2,1H3/q+1. The molecule has 0 spiro atoms. The Kier molecular flexibility index (Phi) is 5.91. The van der Waals surface area contributed by atoms with E-state index in [0.29, 0.717) is 13.1 Å². The lowest BCUT2D eigenvalue weighted by Crippen LogP contribution is -2.32. The van der Waals surface area contributed by atoms with Crippen LogP contribution in [0.5, 0.6) is 0 Å². The molecule has 0 unspecified atom stereocenters. The van der Waals surface area contributed by atoms with E-state index in [-0.39, 0.29) is 13.2 Å². The number of halogens is 1. The van der Waals surface area contributed by atoms with Crippen LogP contribution in [0.15, 0.2) is 42.5 Å². The fraction of sp³-hybridized carbons (Fsp3) is 0.316. The summed E-state index contributed by atoms with van der Waals surface area (Å²) in [6, 6.07) is 14.3. The molecule has 0 aliphatic rings.